The highest BCUT2D eigenvalue weighted by Gasteiger charge is 2.28. The second-order valence-electron chi connectivity index (χ2n) is 4.82. The molecule has 0 aliphatic heterocycles. The van der Waals surface area contributed by atoms with Crippen molar-refractivity contribution in [3.8, 4) is 0 Å². The number of nitrogens with one attached hydrogen (secondary N) is 1. The van der Waals surface area contributed by atoms with Gasteiger partial charge < -0.3 is 20.4 Å². The van der Waals surface area contributed by atoms with Gasteiger partial charge in [0.15, 0.2) is 0 Å². The first-order chi connectivity index (χ1) is 8.91. The molecule has 0 aromatic heterocycles. The molecule has 19 heavy (non-hydrogen) atoms. The van der Waals surface area contributed by atoms with Crippen molar-refractivity contribution in [2.75, 3.05) is 7.05 Å². The number of carboxylic acids is 2. The van der Waals surface area contributed by atoms with Crippen LogP contribution in [-0.4, -0.2) is 52.2 Å². The Morgan fingerprint density at radius 3 is 2.37 bits per heavy atom. The van der Waals surface area contributed by atoms with Crippen LogP contribution in [0.2, 0.25) is 0 Å². The monoisotopic (exact) mass is 272 g/mol. The maximum atomic E-state index is 11.8. The molecule has 0 bridgehead atoms. The normalized spacial score (nSPS) is 16.3. The summed E-state index contributed by atoms with van der Waals surface area (Å²) in [5, 5.41) is 19.9. The summed E-state index contributed by atoms with van der Waals surface area (Å²) >= 11 is 0. The number of nitrogens with zero attached hydrogens (tertiary/aromatic N) is 1. The number of carboxylic acid groups (broad SMARTS) is 2. The Morgan fingerprint density at radius 1 is 1.32 bits per heavy atom. The summed E-state index contributed by atoms with van der Waals surface area (Å²) in [6.07, 6.45) is 3.22. The zero-order valence-electron chi connectivity index (χ0n) is 11.0. The summed E-state index contributed by atoms with van der Waals surface area (Å²) in [4.78, 5) is 34.7. The Morgan fingerprint density at radius 2 is 1.95 bits per heavy atom. The molecule has 7 nitrogen and oxygen atoms in total. The van der Waals surface area contributed by atoms with E-state index in [2.05, 4.69) is 5.32 Å². The van der Waals surface area contributed by atoms with Crippen molar-refractivity contribution in [2.45, 2.75) is 50.6 Å². The van der Waals surface area contributed by atoms with Crippen molar-refractivity contribution < 1.29 is 24.6 Å². The maximum Gasteiger partial charge on any atom is 0.326 e. The van der Waals surface area contributed by atoms with E-state index in [0.717, 1.165) is 19.3 Å². The number of hydrogen-bond donors (Lipinski definition) is 3. The predicted molar refractivity (Wildman–Crippen MR) is 66.8 cm³/mol. The van der Waals surface area contributed by atoms with E-state index >= 15 is 0 Å². The summed E-state index contributed by atoms with van der Waals surface area (Å²) in [6.45, 7) is 0. The van der Waals surface area contributed by atoms with Crippen LogP contribution in [-0.2, 0) is 9.59 Å². The molecule has 3 N–H and O–H groups in total. The largest absolute Gasteiger partial charge is 0.481 e. The highest BCUT2D eigenvalue weighted by atomic mass is 16.4. The molecule has 0 heterocycles. The molecule has 1 rings (SSSR count). The number of carbonyl (C=O) groups excluding carboxylic acids is 1. The van der Waals surface area contributed by atoms with Crippen molar-refractivity contribution in [1.29, 1.82) is 0 Å². The molecule has 1 aliphatic rings. The second kappa shape index (κ2) is 6.96. The molecule has 7 heteroatoms. The van der Waals surface area contributed by atoms with E-state index in [0.29, 0.717) is 0 Å². The molecular formula is C12H20N2O5. The van der Waals surface area contributed by atoms with Gasteiger partial charge in [0.2, 0.25) is 0 Å². The van der Waals surface area contributed by atoms with Gasteiger partial charge in [-0.25, -0.2) is 9.59 Å². The SMILES string of the molecule is CN(C(=O)N[C@H](CCCC(=O)O)C(=O)O)C1CCC1. The number of carbonyl (C=O) groups is 3. The quantitative estimate of drug-likeness (QED) is 0.638. The minimum absolute atomic E-state index is 0.0991. The molecule has 0 unspecified atom stereocenters. The number of rotatable bonds is 7. The van der Waals surface area contributed by atoms with E-state index in [1.54, 1.807) is 7.05 Å². The minimum atomic E-state index is -1.14. The smallest absolute Gasteiger partial charge is 0.326 e. The summed E-state index contributed by atoms with van der Waals surface area (Å²) < 4.78 is 0. The Bertz CT molecular complexity index is 354. The average molecular weight is 272 g/mol. The standard InChI is InChI=1S/C12H20N2O5/c1-14(8-4-2-5-8)12(19)13-9(11(17)18)6-3-7-10(15)16/h8-9H,2-7H2,1H3,(H,13,19)(H,15,16)(H,17,18)/t9-/m1/s1. The third-order valence-corrected chi connectivity index (χ3v) is 3.42. The van der Waals surface area contributed by atoms with E-state index in [1.807, 2.05) is 0 Å². The molecule has 1 saturated carbocycles. The van der Waals surface area contributed by atoms with Gasteiger partial charge in [-0.2, -0.15) is 0 Å². The van der Waals surface area contributed by atoms with E-state index in [-0.39, 0.29) is 25.3 Å². The minimum Gasteiger partial charge on any atom is -0.481 e. The van der Waals surface area contributed by atoms with Crippen LogP contribution in [0.3, 0.4) is 0 Å². The van der Waals surface area contributed by atoms with Gasteiger partial charge in [0.05, 0.1) is 0 Å². The Balaban J connectivity index is 2.41. The zero-order chi connectivity index (χ0) is 14.4. The first-order valence-corrected chi connectivity index (χ1v) is 6.39. The Hall–Kier alpha value is -1.79. The van der Waals surface area contributed by atoms with E-state index in [9.17, 15) is 14.4 Å². The van der Waals surface area contributed by atoms with Gasteiger partial charge in [0.1, 0.15) is 6.04 Å². The van der Waals surface area contributed by atoms with Gasteiger partial charge in [0.25, 0.3) is 0 Å². The van der Waals surface area contributed by atoms with Gasteiger partial charge in [-0.15, -0.1) is 0 Å². The lowest BCUT2D eigenvalue weighted by molar-refractivity contribution is -0.140. The first kappa shape index (κ1) is 15.3. The van der Waals surface area contributed by atoms with Gasteiger partial charge >= 0.3 is 18.0 Å². The lowest BCUT2D eigenvalue weighted by Crippen LogP contribution is -2.51. The van der Waals surface area contributed by atoms with E-state index in [4.69, 9.17) is 10.2 Å². The Kier molecular flexibility index (Phi) is 5.59. The van der Waals surface area contributed by atoms with E-state index in [1.165, 1.54) is 4.90 Å². The second-order valence-corrected chi connectivity index (χ2v) is 4.82. The molecule has 0 radical (unpaired) electrons. The fraction of sp³-hybridized carbons (Fsp3) is 0.750. The average Bonchev–Trinajstić information content (AvgIpc) is 2.24. The highest BCUT2D eigenvalue weighted by molar-refractivity contribution is 5.82. The van der Waals surface area contributed by atoms with Crippen LogP contribution in [0.4, 0.5) is 4.79 Å². The molecule has 0 aromatic rings. The summed E-state index contributed by atoms with van der Waals surface area (Å²) in [7, 11) is 1.65. The topological polar surface area (TPSA) is 107 Å². The highest BCUT2D eigenvalue weighted by Crippen LogP contribution is 2.23. The summed E-state index contributed by atoms with van der Waals surface area (Å²) in [5.41, 5.74) is 0. The molecule has 0 aromatic carbocycles. The maximum absolute atomic E-state index is 11.8. The number of amides is 2. The number of aliphatic carboxylic acids is 2. The summed E-state index contributed by atoms with van der Waals surface area (Å²) in [6, 6.07) is -1.25. The molecule has 1 fully saturated rings. The van der Waals surface area contributed by atoms with Crippen molar-refractivity contribution in [3.63, 3.8) is 0 Å². The van der Waals surface area contributed by atoms with Gasteiger partial charge in [-0.3, -0.25) is 4.79 Å². The van der Waals surface area contributed by atoms with Crippen LogP contribution in [0, 0.1) is 0 Å². The fourth-order valence-corrected chi connectivity index (χ4v) is 1.91. The van der Waals surface area contributed by atoms with Gasteiger partial charge in [-0.05, 0) is 32.1 Å². The summed E-state index contributed by atoms with van der Waals surface area (Å²) in [5.74, 6) is -2.11. The molecule has 1 aliphatic carbocycles. The number of urea groups is 1. The van der Waals surface area contributed by atoms with Crippen molar-refractivity contribution in [3.05, 3.63) is 0 Å². The third kappa shape index (κ3) is 4.76. The van der Waals surface area contributed by atoms with Crippen LogP contribution in [0.25, 0.3) is 0 Å². The van der Waals surface area contributed by atoms with Crippen LogP contribution < -0.4 is 5.32 Å². The zero-order valence-corrected chi connectivity index (χ0v) is 11.0. The molecule has 2 amide bonds. The molecule has 0 saturated heterocycles. The van der Waals surface area contributed by atoms with Crippen LogP contribution in [0.1, 0.15) is 38.5 Å². The predicted octanol–water partition coefficient (Wildman–Crippen LogP) is 0.888. The fourth-order valence-electron chi connectivity index (χ4n) is 1.91. The Labute approximate surface area is 111 Å². The molecule has 1 atom stereocenters. The lowest BCUT2D eigenvalue weighted by atomic mass is 9.92. The first-order valence-electron chi connectivity index (χ1n) is 6.39. The number of hydrogen-bond acceptors (Lipinski definition) is 3. The van der Waals surface area contributed by atoms with Crippen molar-refractivity contribution in [1.82, 2.24) is 10.2 Å². The molecule has 0 spiro atoms. The van der Waals surface area contributed by atoms with Gasteiger partial charge in [0, 0.05) is 19.5 Å². The van der Waals surface area contributed by atoms with Crippen LogP contribution >= 0.6 is 0 Å². The van der Waals surface area contributed by atoms with Crippen LogP contribution in [0.5, 0.6) is 0 Å². The van der Waals surface area contributed by atoms with Crippen LogP contribution in [0.15, 0.2) is 0 Å². The molecular weight excluding hydrogens is 252 g/mol. The molecule has 108 valence electrons. The van der Waals surface area contributed by atoms with Gasteiger partial charge in [-0.1, -0.05) is 0 Å². The third-order valence-electron chi connectivity index (χ3n) is 3.42. The van der Waals surface area contributed by atoms with Crippen molar-refractivity contribution >= 4 is 18.0 Å². The van der Waals surface area contributed by atoms with E-state index < -0.39 is 24.0 Å². The lowest BCUT2D eigenvalue weighted by Gasteiger charge is -2.35. The van der Waals surface area contributed by atoms with Crippen molar-refractivity contribution in [2.24, 2.45) is 0 Å².